The molecule has 4 heteroatoms. The van der Waals surface area contributed by atoms with Gasteiger partial charge in [-0.1, -0.05) is 22.0 Å². The van der Waals surface area contributed by atoms with E-state index in [2.05, 4.69) is 44.4 Å². The van der Waals surface area contributed by atoms with Crippen LogP contribution in [0.2, 0.25) is 0 Å². The van der Waals surface area contributed by atoms with Crippen molar-refractivity contribution in [2.24, 2.45) is 0 Å². The number of nitrogens with zero attached hydrogens (tertiary/aromatic N) is 2. The van der Waals surface area contributed by atoms with Gasteiger partial charge in [0.1, 0.15) is 11.9 Å². The van der Waals surface area contributed by atoms with Crippen LogP contribution in [-0.2, 0) is 6.42 Å². The van der Waals surface area contributed by atoms with Crippen molar-refractivity contribution in [1.29, 1.82) is 5.26 Å². The number of benzene rings is 1. The van der Waals surface area contributed by atoms with Gasteiger partial charge in [0.25, 0.3) is 0 Å². The zero-order valence-electron chi connectivity index (χ0n) is 10.5. The molecule has 1 aromatic carbocycles. The van der Waals surface area contributed by atoms with Crippen LogP contribution in [0.25, 0.3) is 11.3 Å². The standard InChI is InChI=1S/C15H12BrN3/c1-2-18-15-11(8-17)6-10-5-9-7-12(16)3-4-13(9)14(10)19-15/h3-4,6-7H,2,5H2,1H3,(H,18,19). The first-order valence-electron chi connectivity index (χ1n) is 6.19. The van der Waals surface area contributed by atoms with Crippen LogP contribution in [0.15, 0.2) is 28.7 Å². The Bertz CT molecular complexity index is 701. The van der Waals surface area contributed by atoms with Crippen LogP contribution in [0.1, 0.15) is 23.6 Å². The Hall–Kier alpha value is -1.86. The van der Waals surface area contributed by atoms with Crippen LogP contribution in [0.3, 0.4) is 0 Å². The van der Waals surface area contributed by atoms with Crippen molar-refractivity contribution >= 4 is 21.7 Å². The Kier molecular flexibility index (Phi) is 3.00. The molecule has 0 saturated carbocycles. The number of pyridine rings is 1. The molecule has 1 heterocycles. The third kappa shape index (κ3) is 2.00. The van der Waals surface area contributed by atoms with Gasteiger partial charge in [-0.3, -0.25) is 0 Å². The van der Waals surface area contributed by atoms with Gasteiger partial charge in [-0.25, -0.2) is 4.98 Å². The zero-order valence-corrected chi connectivity index (χ0v) is 12.1. The second-order valence-corrected chi connectivity index (χ2v) is 5.43. The highest BCUT2D eigenvalue weighted by atomic mass is 79.9. The monoisotopic (exact) mass is 313 g/mol. The average Bonchev–Trinajstić information content (AvgIpc) is 2.74. The van der Waals surface area contributed by atoms with E-state index in [-0.39, 0.29) is 0 Å². The topological polar surface area (TPSA) is 48.7 Å². The minimum atomic E-state index is 0.618. The number of hydrogen-bond donors (Lipinski definition) is 1. The molecule has 2 aromatic rings. The molecule has 0 atom stereocenters. The highest BCUT2D eigenvalue weighted by Crippen LogP contribution is 2.38. The van der Waals surface area contributed by atoms with Gasteiger partial charge in [0.2, 0.25) is 0 Å². The summed E-state index contributed by atoms with van der Waals surface area (Å²) in [5, 5.41) is 12.4. The molecule has 1 aliphatic carbocycles. The first kappa shape index (κ1) is 12.2. The lowest BCUT2D eigenvalue weighted by atomic mass is 10.1. The Balaban J connectivity index is 2.17. The third-order valence-corrected chi connectivity index (χ3v) is 3.76. The molecule has 0 aliphatic heterocycles. The number of aromatic nitrogens is 1. The van der Waals surface area contributed by atoms with Gasteiger partial charge in [0, 0.05) is 23.0 Å². The Labute approximate surface area is 120 Å². The molecule has 0 spiro atoms. The van der Waals surface area contributed by atoms with Gasteiger partial charge in [-0.2, -0.15) is 5.26 Å². The van der Waals surface area contributed by atoms with Crippen LogP contribution in [0.5, 0.6) is 0 Å². The Morgan fingerprint density at radius 2 is 2.21 bits per heavy atom. The van der Waals surface area contributed by atoms with E-state index in [1.165, 1.54) is 11.1 Å². The molecular weight excluding hydrogens is 302 g/mol. The van der Waals surface area contributed by atoms with Gasteiger partial charge < -0.3 is 5.32 Å². The van der Waals surface area contributed by atoms with E-state index in [9.17, 15) is 5.26 Å². The maximum atomic E-state index is 9.20. The predicted octanol–water partition coefficient (Wildman–Crippen LogP) is 3.72. The van der Waals surface area contributed by atoms with Crippen molar-refractivity contribution in [1.82, 2.24) is 4.98 Å². The lowest BCUT2D eigenvalue weighted by Crippen LogP contribution is -2.03. The van der Waals surface area contributed by atoms with E-state index >= 15 is 0 Å². The average molecular weight is 314 g/mol. The second-order valence-electron chi connectivity index (χ2n) is 4.51. The van der Waals surface area contributed by atoms with E-state index in [1.807, 2.05) is 19.1 Å². The SMILES string of the molecule is CCNc1nc2c(cc1C#N)Cc1cc(Br)ccc1-2. The number of rotatable bonds is 2. The van der Waals surface area contributed by atoms with Gasteiger partial charge in [0.05, 0.1) is 11.3 Å². The number of halogens is 1. The van der Waals surface area contributed by atoms with Crippen molar-refractivity contribution in [2.45, 2.75) is 13.3 Å². The molecule has 3 rings (SSSR count). The van der Waals surface area contributed by atoms with Crippen LogP contribution < -0.4 is 5.32 Å². The first-order valence-corrected chi connectivity index (χ1v) is 6.99. The molecular formula is C15H12BrN3. The van der Waals surface area contributed by atoms with E-state index in [0.29, 0.717) is 11.4 Å². The molecule has 1 N–H and O–H groups in total. The first-order chi connectivity index (χ1) is 9.22. The van der Waals surface area contributed by atoms with Crippen molar-refractivity contribution in [3.63, 3.8) is 0 Å². The zero-order chi connectivity index (χ0) is 13.4. The minimum absolute atomic E-state index is 0.618. The number of anilines is 1. The fourth-order valence-electron chi connectivity index (χ4n) is 2.45. The molecule has 94 valence electrons. The van der Waals surface area contributed by atoms with Crippen LogP contribution >= 0.6 is 15.9 Å². The predicted molar refractivity (Wildman–Crippen MR) is 79.1 cm³/mol. The molecule has 0 amide bonds. The summed E-state index contributed by atoms with van der Waals surface area (Å²) in [6.45, 7) is 2.76. The van der Waals surface area contributed by atoms with Gasteiger partial charge in [0.15, 0.2) is 0 Å². The lowest BCUT2D eigenvalue weighted by molar-refractivity contribution is 1.14. The number of nitriles is 1. The molecule has 0 saturated heterocycles. The van der Waals surface area contributed by atoms with E-state index in [1.54, 1.807) is 0 Å². The molecule has 0 radical (unpaired) electrons. The van der Waals surface area contributed by atoms with Crippen molar-refractivity contribution in [2.75, 3.05) is 11.9 Å². The molecule has 1 aromatic heterocycles. The Morgan fingerprint density at radius 1 is 1.37 bits per heavy atom. The van der Waals surface area contributed by atoms with Crippen LogP contribution in [-0.4, -0.2) is 11.5 Å². The normalized spacial score (nSPS) is 11.6. The van der Waals surface area contributed by atoms with Gasteiger partial charge >= 0.3 is 0 Å². The quantitative estimate of drug-likeness (QED) is 0.784. The second kappa shape index (κ2) is 4.67. The van der Waals surface area contributed by atoms with Crippen LogP contribution in [0.4, 0.5) is 5.82 Å². The summed E-state index contributed by atoms with van der Waals surface area (Å²) in [5.74, 6) is 0.680. The Morgan fingerprint density at radius 3 is 2.95 bits per heavy atom. The lowest BCUT2D eigenvalue weighted by Gasteiger charge is -2.08. The summed E-state index contributed by atoms with van der Waals surface area (Å²) < 4.78 is 1.08. The molecule has 0 unspecified atom stereocenters. The van der Waals surface area contributed by atoms with E-state index < -0.39 is 0 Å². The van der Waals surface area contributed by atoms with Gasteiger partial charge in [-0.05, 0) is 36.2 Å². The summed E-state index contributed by atoms with van der Waals surface area (Å²) in [6.07, 6.45) is 0.845. The molecule has 19 heavy (non-hydrogen) atoms. The molecule has 3 nitrogen and oxygen atoms in total. The third-order valence-electron chi connectivity index (χ3n) is 3.27. The number of nitrogens with one attached hydrogen (secondary N) is 1. The maximum Gasteiger partial charge on any atom is 0.144 e. The van der Waals surface area contributed by atoms with E-state index in [4.69, 9.17) is 0 Å². The van der Waals surface area contributed by atoms with Gasteiger partial charge in [-0.15, -0.1) is 0 Å². The summed E-state index contributed by atoms with van der Waals surface area (Å²) in [5.41, 5.74) is 5.17. The summed E-state index contributed by atoms with van der Waals surface area (Å²) >= 11 is 3.49. The molecule has 0 fully saturated rings. The highest BCUT2D eigenvalue weighted by molar-refractivity contribution is 9.10. The summed E-state index contributed by atoms with van der Waals surface area (Å²) in [6, 6.07) is 10.4. The minimum Gasteiger partial charge on any atom is -0.369 e. The summed E-state index contributed by atoms with van der Waals surface area (Å²) in [7, 11) is 0. The fourth-order valence-corrected chi connectivity index (χ4v) is 2.86. The number of hydrogen-bond acceptors (Lipinski definition) is 3. The number of fused-ring (bicyclic) bond motifs is 3. The fraction of sp³-hybridized carbons (Fsp3) is 0.200. The summed E-state index contributed by atoms with van der Waals surface area (Å²) in [4.78, 5) is 4.64. The van der Waals surface area contributed by atoms with Crippen molar-refractivity contribution < 1.29 is 0 Å². The van der Waals surface area contributed by atoms with Crippen molar-refractivity contribution in [3.05, 3.63) is 45.4 Å². The van der Waals surface area contributed by atoms with Crippen LogP contribution in [0, 0.1) is 11.3 Å². The smallest absolute Gasteiger partial charge is 0.144 e. The largest absolute Gasteiger partial charge is 0.369 e. The maximum absolute atomic E-state index is 9.20. The van der Waals surface area contributed by atoms with E-state index in [0.717, 1.165) is 28.7 Å². The molecule has 1 aliphatic rings. The van der Waals surface area contributed by atoms with Crippen molar-refractivity contribution in [3.8, 4) is 17.3 Å². The highest BCUT2D eigenvalue weighted by Gasteiger charge is 2.22. The molecule has 0 bridgehead atoms.